The third-order valence-electron chi connectivity index (χ3n) is 5.76. The van der Waals surface area contributed by atoms with E-state index >= 15 is 0 Å². The first kappa shape index (κ1) is 18.7. The number of benzene rings is 1. The molecule has 2 atom stereocenters. The van der Waals surface area contributed by atoms with Crippen molar-refractivity contribution in [3.05, 3.63) is 29.8 Å². The van der Waals surface area contributed by atoms with E-state index in [0.717, 1.165) is 26.1 Å². The van der Waals surface area contributed by atoms with E-state index < -0.39 is 0 Å². The zero-order valence-corrected chi connectivity index (χ0v) is 16.1. The van der Waals surface area contributed by atoms with E-state index in [1.165, 1.54) is 11.3 Å². The minimum absolute atomic E-state index is 0.0415. The molecule has 1 aromatic rings. The van der Waals surface area contributed by atoms with Gasteiger partial charge < -0.3 is 21.3 Å². The second-order valence-corrected chi connectivity index (χ2v) is 8.37. The highest BCUT2D eigenvalue weighted by atomic mass is 16.2. The van der Waals surface area contributed by atoms with Crippen LogP contribution < -0.4 is 16.4 Å². The van der Waals surface area contributed by atoms with Crippen LogP contribution in [0.15, 0.2) is 29.3 Å². The van der Waals surface area contributed by atoms with Crippen molar-refractivity contribution in [3.63, 3.8) is 0 Å². The molecule has 0 aromatic heterocycles. The highest BCUT2D eigenvalue weighted by molar-refractivity contribution is 5.86. The molecular formula is C20H31N5O. The zero-order chi connectivity index (χ0) is 18.9. The fourth-order valence-electron chi connectivity index (χ4n) is 4.39. The summed E-state index contributed by atoms with van der Waals surface area (Å²) in [5.41, 5.74) is 13.8. The lowest BCUT2D eigenvalue weighted by atomic mass is 9.73. The Morgan fingerprint density at radius 2 is 1.92 bits per heavy atom. The number of hydrogen-bond acceptors (Lipinski definition) is 4. The van der Waals surface area contributed by atoms with Crippen molar-refractivity contribution in [3.8, 4) is 0 Å². The molecule has 1 amide bonds. The highest BCUT2D eigenvalue weighted by Crippen LogP contribution is 2.43. The van der Waals surface area contributed by atoms with Crippen LogP contribution >= 0.6 is 0 Å². The summed E-state index contributed by atoms with van der Waals surface area (Å²) < 4.78 is 0. The van der Waals surface area contributed by atoms with Gasteiger partial charge in [0.2, 0.25) is 5.91 Å². The molecule has 6 heteroatoms. The molecule has 0 unspecified atom stereocenters. The summed E-state index contributed by atoms with van der Waals surface area (Å²) in [5, 5.41) is 0. The Bertz CT molecular complexity index is 682. The molecule has 6 nitrogen and oxygen atoms in total. The summed E-state index contributed by atoms with van der Waals surface area (Å²) in [6.07, 6.45) is 1.14. The molecule has 4 rings (SSSR count). The van der Waals surface area contributed by atoms with Gasteiger partial charge in [0.15, 0.2) is 0 Å². The van der Waals surface area contributed by atoms with Crippen LogP contribution in [0.25, 0.3) is 0 Å². The van der Waals surface area contributed by atoms with Crippen molar-refractivity contribution >= 4 is 17.4 Å². The minimum Gasteiger partial charge on any atom is -0.386 e. The standard InChI is InChI=1S/C20H31N5O/c1-14-4-6-16(7-5-14)25-12-15-8-20(2,3)17(25)13-24(11-15)19(26)10-23-18(22)9-21/h4-7,15,17H,8-13,21H2,1-3H3,(H2,22,23)/t15-,17-/m1/s1. The SMILES string of the molecule is Cc1ccc(N2C[C@H]3CN(C(=O)CN=C(N)CN)C[C@@H]2C(C)(C)C3)cc1. The molecular weight excluding hydrogens is 326 g/mol. The number of fused-ring (bicyclic) bond motifs is 4. The third kappa shape index (κ3) is 3.85. The van der Waals surface area contributed by atoms with Crippen LogP contribution in [0.5, 0.6) is 0 Å². The maximum absolute atomic E-state index is 12.7. The lowest BCUT2D eigenvalue weighted by molar-refractivity contribution is -0.129. The summed E-state index contributed by atoms with van der Waals surface area (Å²) in [4.78, 5) is 21.3. The topological polar surface area (TPSA) is 87.9 Å². The number of anilines is 1. The van der Waals surface area contributed by atoms with Crippen LogP contribution in [0.2, 0.25) is 0 Å². The first-order valence-corrected chi connectivity index (χ1v) is 9.40. The van der Waals surface area contributed by atoms with Crippen molar-refractivity contribution in [2.75, 3.05) is 37.6 Å². The smallest absolute Gasteiger partial charge is 0.244 e. The Balaban J connectivity index is 1.82. The van der Waals surface area contributed by atoms with Gasteiger partial charge >= 0.3 is 0 Å². The van der Waals surface area contributed by atoms with Gasteiger partial charge in [0.1, 0.15) is 12.4 Å². The van der Waals surface area contributed by atoms with Gasteiger partial charge in [-0.15, -0.1) is 0 Å². The molecule has 0 saturated carbocycles. The van der Waals surface area contributed by atoms with Gasteiger partial charge in [-0.2, -0.15) is 0 Å². The van der Waals surface area contributed by atoms with Crippen LogP contribution in [0, 0.1) is 18.3 Å². The second kappa shape index (κ2) is 7.27. The van der Waals surface area contributed by atoms with E-state index in [-0.39, 0.29) is 24.4 Å². The van der Waals surface area contributed by atoms with Gasteiger partial charge in [-0.25, -0.2) is 0 Å². The van der Waals surface area contributed by atoms with E-state index in [2.05, 4.69) is 54.9 Å². The van der Waals surface area contributed by atoms with Gasteiger partial charge in [0.05, 0.1) is 12.6 Å². The number of amidine groups is 1. The Labute approximate surface area is 156 Å². The molecule has 3 fully saturated rings. The molecule has 3 aliphatic heterocycles. The first-order chi connectivity index (χ1) is 12.3. The minimum atomic E-state index is 0.0415. The lowest BCUT2D eigenvalue weighted by Gasteiger charge is -2.48. The predicted molar refractivity (Wildman–Crippen MR) is 106 cm³/mol. The summed E-state index contributed by atoms with van der Waals surface area (Å²) >= 11 is 0. The number of aliphatic imine (C=N–C) groups is 1. The fraction of sp³-hybridized carbons (Fsp3) is 0.600. The summed E-state index contributed by atoms with van der Waals surface area (Å²) in [7, 11) is 0. The monoisotopic (exact) mass is 357 g/mol. The average molecular weight is 358 g/mol. The van der Waals surface area contributed by atoms with E-state index in [1.54, 1.807) is 0 Å². The van der Waals surface area contributed by atoms with Gasteiger partial charge in [0, 0.05) is 25.3 Å². The highest BCUT2D eigenvalue weighted by Gasteiger charge is 2.46. The van der Waals surface area contributed by atoms with Crippen LogP contribution in [0.3, 0.4) is 0 Å². The molecule has 1 aromatic carbocycles. The van der Waals surface area contributed by atoms with Gasteiger partial charge in [-0.3, -0.25) is 9.79 Å². The number of aryl methyl sites for hydroxylation is 1. The Hall–Kier alpha value is -2.08. The number of nitrogens with two attached hydrogens (primary N) is 2. The van der Waals surface area contributed by atoms with Crippen molar-refractivity contribution in [2.24, 2.45) is 27.8 Å². The summed E-state index contributed by atoms with van der Waals surface area (Å²) in [5.74, 6) is 0.836. The number of rotatable bonds is 4. The maximum Gasteiger partial charge on any atom is 0.244 e. The van der Waals surface area contributed by atoms with Crippen LogP contribution in [0.1, 0.15) is 25.8 Å². The maximum atomic E-state index is 12.7. The zero-order valence-electron chi connectivity index (χ0n) is 16.1. The number of amides is 1. The van der Waals surface area contributed by atoms with Gasteiger partial charge in [-0.05, 0) is 36.8 Å². The molecule has 0 aliphatic carbocycles. The number of nitrogens with zero attached hydrogens (tertiary/aromatic N) is 3. The Morgan fingerprint density at radius 1 is 1.23 bits per heavy atom. The molecule has 142 valence electrons. The van der Waals surface area contributed by atoms with Crippen molar-refractivity contribution < 1.29 is 4.79 Å². The molecule has 3 saturated heterocycles. The van der Waals surface area contributed by atoms with Crippen LogP contribution in [-0.4, -0.2) is 55.4 Å². The van der Waals surface area contributed by atoms with Gasteiger partial charge in [-0.1, -0.05) is 31.5 Å². The summed E-state index contributed by atoms with van der Waals surface area (Å²) in [6.45, 7) is 9.55. The second-order valence-electron chi connectivity index (χ2n) is 8.37. The first-order valence-electron chi connectivity index (χ1n) is 9.40. The van der Waals surface area contributed by atoms with E-state index in [0.29, 0.717) is 17.8 Å². The largest absolute Gasteiger partial charge is 0.386 e. The number of hydrogen-bond donors (Lipinski definition) is 2. The molecule has 2 bridgehead atoms. The molecule has 3 heterocycles. The van der Waals surface area contributed by atoms with E-state index in [4.69, 9.17) is 11.5 Å². The average Bonchev–Trinajstić information content (AvgIpc) is 2.87. The third-order valence-corrected chi connectivity index (χ3v) is 5.76. The number of carbonyl (C=O) groups is 1. The fourth-order valence-corrected chi connectivity index (χ4v) is 4.39. The van der Waals surface area contributed by atoms with Crippen LogP contribution in [-0.2, 0) is 4.79 Å². The van der Waals surface area contributed by atoms with Crippen molar-refractivity contribution in [1.29, 1.82) is 0 Å². The van der Waals surface area contributed by atoms with Crippen molar-refractivity contribution in [1.82, 2.24) is 4.90 Å². The van der Waals surface area contributed by atoms with E-state index in [1.807, 2.05) is 4.90 Å². The molecule has 26 heavy (non-hydrogen) atoms. The predicted octanol–water partition coefficient (Wildman–Crippen LogP) is 1.37. The summed E-state index contributed by atoms with van der Waals surface area (Å²) in [6, 6.07) is 9.01. The van der Waals surface area contributed by atoms with Crippen LogP contribution in [0.4, 0.5) is 5.69 Å². The molecule has 0 spiro atoms. The Morgan fingerprint density at radius 3 is 2.58 bits per heavy atom. The van der Waals surface area contributed by atoms with Gasteiger partial charge in [0.25, 0.3) is 0 Å². The Kier molecular flexibility index (Phi) is 5.23. The number of piperidine rings is 1. The number of carbonyl (C=O) groups excluding carboxylic acids is 1. The normalized spacial score (nSPS) is 25.3. The lowest BCUT2D eigenvalue weighted by Crippen LogP contribution is -2.54. The molecule has 4 N–H and O–H groups in total. The quantitative estimate of drug-likeness (QED) is 0.629. The van der Waals surface area contributed by atoms with Crippen molar-refractivity contribution in [2.45, 2.75) is 33.2 Å². The molecule has 0 radical (unpaired) electrons. The van der Waals surface area contributed by atoms with E-state index in [9.17, 15) is 4.79 Å². The molecule has 3 aliphatic rings.